The van der Waals surface area contributed by atoms with E-state index in [0.29, 0.717) is 19.4 Å². The predicted molar refractivity (Wildman–Crippen MR) is 292 cm³/mol. The zero-order valence-corrected chi connectivity index (χ0v) is 45.4. The van der Waals surface area contributed by atoms with Gasteiger partial charge >= 0.3 is 5.97 Å². The SMILES string of the molecule is CCCCCCCCCCCCCC/C=C/C(O)C(CO)NC(=O)CCCCCCCCCCCCCCCCCCCCCCCCOC(=O)CCCCCCCCCCCCCCCC. The van der Waals surface area contributed by atoms with Gasteiger partial charge in [-0.3, -0.25) is 9.59 Å². The van der Waals surface area contributed by atoms with Gasteiger partial charge in [0.25, 0.3) is 0 Å². The molecule has 0 aliphatic heterocycles. The Bertz CT molecular complexity index is 1000. The highest BCUT2D eigenvalue weighted by atomic mass is 16.5. The van der Waals surface area contributed by atoms with E-state index in [1.165, 1.54) is 276 Å². The molecule has 0 bridgehead atoms. The minimum atomic E-state index is -0.843. The van der Waals surface area contributed by atoms with Crippen molar-refractivity contribution < 1.29 is 24.5 Å². The fraction of sp³-hybridized carbons (Fsp3) is 0.934. The highest BCUT2D eigenvalue weighted by molar-refractivity contribution is 5.76. The van der Waals surface area contributed by atoms with Crippen LogP contribution in [0.2, 0.25) is 0 Å². The number of aliphatic hydroxyl groups excluding tert-OH is 2. The van der Waals surface area contributed by atoms with E-state index < -0.39 is 12.1 Å². The van der Waals surface area contributed by atoms with Crippen molar-refractivity contribution in [2.75, 3.05) is 13.2 Å². The molecule has 0 heterocycles. The summed E-state index contributed by atoms with van der Waals surface area (Å²) in [6.07, 6.45) is 68.2. The summed E-state index contributed by atoms with van der Waals surface area (Å²) in [5.74, 6) is -0.0509. The summed E-state index contributed by atoms with van der Waals surface area (Å²) in [6, 6.07) is -0.626. The first kappa shape index (κ1) is 65.6. The van der Waals surface area contributed by atoms with Crippen molar-refractivity contribution in [3.63, 3.8) is 0 Å². The van der Waals surface area contributed by atoms with Crippen LogP contribution in [0, 0.1) is 0 Å². The van der Waals surface area contributed by atoms with Crippen molar-refractivity contribution in [2.45, 2.75) is 353 Å². The third kappa shape index (κ3) is 53.8. The van der Waals surface area contributed by atoms with Crippen molar-refractivity contribution in [1.82, 2.24) is 5.32 Å². The van der Waals surface area contributed by atoms with Gasteiger partial charge in [-0.2, -0.15) is 0 Å². The minimum absolute atomic E-state index is 0.0155. The Morgan fingerprint density at radius 3 is 1.01 bits per heavy atom. The highest BCUT2D eigenvalue weighted by Crippen LogP contribution is 2.18. The van der Waals surface area contributed by atoms with Gasteiger partial charge in [-0.05, 0) is 32.1 Å². The van der Waals surface area contributed by atoms with E-state index in [0.717, 1.165) is 38.5 Å². The maximum absolute atomic E-state index is 12.5. The molecule has 0 aromatic carbocycles. The molecule has 6 nitrogen and oxygen atoms in total. The number of carbonyl (C=O) groups excluding carboxylic acids is 2. The van der Waals surface area contributed by atoms with Gasteiger partial charge in [0.2, 0.25) is 5.91 Å². The molecule has 67 heavy (non-hydrogen) atoms. The number of hydrogen-bond acceptors (Lipinski definition) is 5. The van der Waals surface area contributed by atoms with Gasteiger partial charge in [-0.25, -0.2) is 0 Å². The van der Waals surface area contributed by atoms with Crippen molar-refractivity contribution in [2.24, 2.45) is 0 Å². The van der Waals surface area contributed by atoms with Crippen LogP contribution in [0.5, 0.6) is 0 Å². The molecule has 0 rings (SSSR count). The number of hydrogen-bond donors (Lipinski definition) is 3. The molecule has 0 spiro atoms. The Morgan fingerprint density at radius 1 is 0.403 bits per heavy atom. The summed E-state index contributed by atoms with van der Waals surface area (Å²) in [5, 5.41) is 23.1. The zero-order chi connectivity index (χ0) is 48.6. The molecule has 2 atom stereocenters. The number of rotatable bonds is 57. The fourth-order valence-electron chi connectivity index (χ4n) is 9.64. The normalized spacial score (nSPS) is 12.6. The number of unbranched alkanes of at least 4 members (excludes halogenated alkanes) is 46. The molecule has 0 aromatic rings. The molecule has 0 aliphatic carbocycles. The van der Waals surface area contributed by atoms with Crippen LogP contribution >= 0.6 is 0 Å². The summed E-state index contributed by atoms with van der Waals surface area (Å²) in [4.78, 5) is 24.5. The standard InChI is InChI=1S/C61H119NO5/c1-3-5-7-9-11-13-15-17-29-33-37-41-45-49-53-59(64)58(57-63)62-60(65)54-50-46-42-38-34-30-27-25-23-21-19-20-22-24-26-28-32-36-40-44-48-52-56-67-61(66)55-51-47-43-39-35-31-18-16-14-12-10-8-6-4-2/h49,53,58-59,63-64H,3-48,50-52,54-57H2,1-2H3,(H,62,65)/b53-49+. The van der Waals surface area contributed by atoms with Crippen LogP contribution in [0.4, 0.5) is 0 Å². The molecule has 0 fully saturated rings. The van der Waals surface area contributed by atoms with Crippen molar-refractivity contribution in [3.05, 3.63) is 12.2 Å². The monoisotopic (exact) mass is 946 g/mol. The summed E-state index contributed by atoms with van der Waals surface area (Å²) in [5.41, 5.74) is 0. The van der Waals surface area contributed by atoms with E-state index in [4.69, 9.17) is 4.74 Å². The van der Waals surface area contributed by atoms with Gasteiger partial charge < -0.3 is 20.3 Å². The van der Waals surface area contributed by atoms with Crippen LogP contribution in [0.15, 0.2) is 12.2 Å². The lowest BCUT2D eigenvalue weighted by atomic mass is 10.0. The van der Waals surface area contributed by atoms with Crippen LogP contribution in [0.1, 0.15) is 341 Å². The van der Waals surface area contributed by atoms with Gasteiger partial charge in [-0.15, -0.1) is 0 Å². The lowest BCUT2D eigenvalue weighted by Crippen LogP contribution is -2.45. The summed E-state index contributed by atoms with van der Waals surface area (Å²) >= 11 is 0. The second-order valence-corrected chi connectivity index (χ2v) is 21.0. The third-order valence-corrected chi connectivity index (χ3v) is 14.3. The number of aliphatic hydroxyl groups is 2. The maximum Gasteiger partial charge on any atom is 0.305 e. The topological polar surface area (TPSA) is 95.9 Å². The maximum atomic E-state index is 12.5. The Hall–Kier alpha value is -1.40. The van der Waals surface area contributed by atoms with E-state index in [2.05, 4.69) is 19.2 Å². The van der Waals surface area contributed by atoms with Crippen LogP contribution in [0.3, 0.4) is 0 Å². The molecule has 2 unspecified atom stereocenters. The van der Waals surface area contributed by atoms with Gasteiger partial charge in [0.15, 0.2) is 0 Å². The average molecular weight is 947 g/mol. The molecule has 6 heteroatoms. The minimum Gasteiger partial charge on any atom is -0.466 e. The summed E-state index contributed by atoms with van der Waals surface area (Å²) < 4.78 is 5.49. The van der Waals surface area contributed by atoms with Crippen molar-refractivity contribution in [1.29, 1.82) is 0 Å². The number of carbonyl (C=O) groups is 2. The van der Waals surface area contributed by atoms with Crippen LogP contribution in [-0.4, -0.2) is 47.4 Å². The van der Waals surface area contributed by atoms with Crippen molar-refractivity contribution in [3.8, 4) is 0 Å². The number of esters is 1. The zero-order valence-electron chi connectivity index (χ0n) is 45.4. The Morgan fingerprint density at radius 2 is 0.687 bits per heavy atom. The first-order valence-electron chi connectivity index (χ1n) is 30.5. The molecule has 0 saturated carbocycles. The predicted octanol–water partition coefficient (Wildman–Crippen LogP) is 18.9. The Labute approximate surface area is 419 Å². The summed E-state index contributed by atoms with van der Waals surface area (Å²) in [6.45, 7) is 4.92. The molecule has 0 aromatic heterocycles. The molecule has 3 N–H and O–H groups in total. The van der Waals surface area contributed by atoms with Gasteiger partial charge in [0, 0.05) is 12.8 Å². The molecular weight excluding hydrogens is 827 g/mol. The highest BCUT2D eigenvalue weighted by Gasteiger charge is 2.18. The van der Waals surface area contributed by atoms with Gasteiger partial charge in [0.05, 0.1) is 25.4 Å². The quantitative estimate of drug-likeness (QED) is 0.0321. The van der Waals surface area contributed by atoms with E-state index >= 15 is 0 Å². The largest absolute Gasteiger partial charge is 0.466 e. The second kappa shape index (κ2) is 57.2. The lowest BCUT2D eigenvalue weighted by molar-refractivity contribution is -0.143. The average Bonchev–Trinajstić information content (AvgIpc) is 3.33. The fourth-order valence-corrected chi connectivity index (χ4v) is 9.64. The van der Waals surface area contributed by atoms with Crippen LogP contribution in [-0.2, 0) is 14.3 Å². The molecule has 0 radical (unpaired) electrons. The molecule has 0 aliphatic rings. The summed E-state index contributed by atoms with van der Waals surface area (Å²) in [7, 11) is 0. The van der Waals surface area contributed by atoms with E-state index in [1.54, 1.807) is 6.08 Å². The Balaban J connectivity index is 3.38. The van der Waals surface area contributed by atoms with E-state index in [-0.39, 0.29) is 18.5 Å². The third-order valence-electron chi connectivity index (χ3n) is 14.3. The van der Waals surface area contributed by atoms with Crippen LogP contribution < -0.4 is 5.32 Å². The number of allylic oxidation sites excluding steroid dienone is 1. The second-order valence-electron chi connectivity index (χ2n) is 21.0. The molecular formula is C61H119NO5. The molecule has 398 valence electrons. The Kier molecular flexibility index (Phi) is 56.0. The molecule has 1 amide bonds. The van der Waals surface area contributed by atoms with E-state index in [9.17, 15) is 19.8 Å². The first-order chi connectivity index (χ1) is 33.0. The smallest absolute Gasteiger partial charge is 0.305 e. The number of amides is 1. The van der Waals surface area contributed by atoms with Crippen LogP contribution in [0.25, 0.3) is 0 Å². The number of nitrogens with one attached hydrogen (secondary N) is 1. The van der Waals surface area contributed by atoms with E-state index in [1.807, 2.05) is 6.08 Å². The van der Waals surface area contributed by atoms with Crippen molar-refractivity contribution >= 4 is 11.9 Å². The number of ether oxygens (including phenoxy) is 1. The first-order valence-corrected chi connectivity index (χ1v) is 30.5. The van der Waals surface area contributed by atoms with Gasteiger partial charge in [0.1, 0.15) is 0 Å². The lowest BCUT2D eigenvalue weighted by Gasteiger charge is -2.20. The molecule has 0 saturated heterocycles. The van der Waals surface area contributed by atoms with Gasteiger partial charge in [-0.1, -0.05) is 309 Å².